The third-order valence-corrected chi connectivity index (χ3v) is 3.56. The van der Waals surface area contributed by atoms with Gasteiger partial charge in [0.15, 0.2) is 0 Å². The summed E-state index contributed by atoms with van der Waals surface area (Å²) in [5.41, 5.74) is 0.947. The van der Waals surface area contributed by atoms with E-state index in [2.05, 4.69) is 19.8 Å². The number of rotatable bonds is 5. The molecule has 0 aliphatic heterocycles. The molecule has 0 bridgehead atoms. The first-order chi connectivity index (χ1) is 6.99. The van der Waals surface area contributed by atoms with Gasteiger partial charge in [-0.2, -0.15) is 5.10 Å². The van der Waals surface area contributed by atoms with Crippen molar-refractivity contribution in [1.29, 1.82) is 0 Å². The summed E-state index contributed by atoms with van der Waals surface area (Å²) in [6.07, 6.45) is 0. The van der Waals surface area contributed by atoms with Gasteiger partial charge in [-0.05, 0) is 13.8 Å². The highest BCUT2D eigenvalue weighted by Crippen LogP contribution is 2.15. The number of nitrogens with one attached hydrogen (secondary N) is 2. The molecule has 86 valence electrons. The topological polar surface area (TPSA) is 110 Å². The van der Waals surface area contributed by atoms with E-state index in [1.165, 1.54) is 0 Å². The lowest BCUT2D eigenvalue weighted by Crippen LogP contribution is -2.28. The van der Waals surface area contributed by atoms with Gasteiger partial charge in [0.25, 0.3) is 0 Å². The van der Waals surface area contributed by atoms with Gasteiger partial charge in [0.2, 0.25) is 10.0 Å². The van der Waals surface area contributed by atoms with Crippen LogP contribution in [0.5, 0.6) is 0 Å². The van der Waals surface area contributed by atoms with Crippen LogP contribution in [0.4, 0.5) is 0 Å². The van der Waals surface area contributed by atoms with Gasteiger partial charge >= 0.3 is 0 Å². The summed E-state index contributed by atoms with van der Waals surface area (Å²) >= 11 is 0. The van der Waals surface area contributed by atoms with Crippen molar-refractivity contribution in [2.45, 2.75) is 18.7 Å². The number of hydrogen-bond donors (Lipinski definition) is 3. The Bertz CT molecular complexity index is 406. The molecule has 0 aliphatic rings. The molecular formula is C7H14N4O3S. The highest BCUT2D eigenvalue weighted by molar-refractivity contribution is 7.89. The van der Waals surface area contributed by atoms with E-state index in [-0.39, 0.29) is 18.0 Å². The van der Waals surface area contributed by atoms with E-state index in [1.807, 2.05) is 0 Å². The van der Waals surface area contributed by atoms with Crippen molar-refractivity contribution in [3.63, 3.8) is 0 Å². The number of aromatic amines is 1. The summed E-state index contributed by atoms with van der Waals surface area (Å²) in [6.45, 7) is 3.52. The number of H-pyrrole nitrogens is 1. The van der Waals surface area contributed by atoms with Crippen LogP contribution in [0.1, 0.15) is 11.4 Å². The van der Waals surface area contributed by atoms with Gasteiger partial charge in [0.05, 0.1) is 18.0 Å². The zero-order valence-corrected chi connectivity index (χ0v) is 9.39. The first kappa shape index (κ1) is 12.1. The lowest BCUT2D eigenvalue weighted by atomic mass is 10.4. The van der Waals surface area contributed by atoms with Crippen LogP contribution in [-0.4, -0.2) is 31.8 Å². The Morgan fingerprint density at radius 3 is 2.67 bits per heavy atom. The SMILES string of the molecule is Cc1n[nH]c(C)c1S(=O)(=O)NCCON. The molecule has 0 saturated heterocycles. The maximum Gasteiger partial charge on any atom is 0.244 e. The lowest BCUT2D eigenvalue weighted by Gasteiger charge is -2.05. The number of aryl methyl sites for hydroxylation is 2. The molecule has 1 aromatic rings. The van der Waals surface area contributed by atoms with Crippen LogP contribution in [0, 0.1) is 13.8 Å². The molecule has 0 unspecified atom stereocenters. The summed E-state index contributed by atoms with van der Waals surface area (Å²) in [6, 6.07) is 0. The summed E-state index contributed by atoms with van der Waals surface area (Å²) in [5, 5.41) is 6.42. The second-order valence-corrected chi connectivity index (χ2v) is 4.74. The first-order valence-corrected chi connectivity index (χ1v) is 5.80. The minimum atomic E-state index is -3.53. The molecule has 0 aliphatic carbocycles. The van der Waals surface area contributed by atoms with E-state index < -0.39 is 10.0 Å². The summed E-state index contributed by atoms with van der Waals surface area (Å²) in [4.78, 5) is 4.44. The molecule has 15 heavy (non-hydrogen) atoms. The minimum absolute atomic E-state index is 0.120. The number of sulfonamides is 1. The van der Waals surface area contributed by atoms with Gasteiger partial charge in [-0.1, -0.05) is 0 Å². The molecule has 0 amide bonds. The fourth-order valence-electron chi connectivity index (χ4n) is 1.24. The van der Waals surface area contributed by atoms with Crippen molar-refractivity contribution >= 4 is 10.0 Å². The van der Waals surface area contributed by atoms with Gasteiger partial charge in [-0.25, -0.2) is 19.0 Å². The quantitative estimate of drug-likeness (QED) is 0.456. The first-order valence-electron chi connectivity index (χ1n) is 4.32. The van der Waals surface area contributed by atoms with E-state index in [0.717, 1.165) is 0 Å². The Balaban J connectivity index is 2.87. The lowest BCUT2D eigenvalue weighted by molar-refractivity contribution is 0.143. The average molecular weight is 234 g/mol. The van der Waals surface area contributed by atoms with E-state index in [4.69, 9.17) is 5.90 Å². The Kier molecular flexibility index (Phi) is 3.80. The second kappa shape index (κ2) is 4.71. The smallest absolute Gasteiger partial charge is 0.244 e. The molecule has 7 nitrogen and oxygen atoms in total. The zero-order chi connectivity index (χ0) is 11.5. The van der Waals surface area contributed by atoms with Crippen LogP contribution in [0.3, 0.4) is 0 Å². The Hall–Kier alpha value is -0.960. The van der Waals surface area contributed by atoms with Crippen LogP contribution >= 0.6 is 0 Å². The fourth-order valence-corrected chi connectivity index (χ4v) is 2.62. The van der Waals surface area contributed by atoms with Crippen LogP contribution < -0.4 is 10.6 Å². The van der Waals surface area contributed by atoms with Gasteiger partial charge < -0.3 is 4.84 Å². The molecular weight excluding hydrogens is 220 g/mol. The van der Waals surface area contributed by atoms with E-state index in [0.29, 0.717) is 11.4 Å². The standard InChI is InChI=1S/C7H14N4O3S/c1-5-7(6(2)11-10-5)15(12,13)9-3-4-14-8/h9H,3-4,8H2,1-2H3,(H,10,11). The van der Waals surface area contributed by atoms with Crippen molar-refractivity contribution in [3.8, 4) is 0 Å². The van der Waals surface area contributed by atoms with Crippen molar-refractivity contribution in [2.24, 2.45) is 5.90 Å². The fraction of sp³-hybridized carbons (Fsp3) is 0.571. The molecule has 0 radical (unpaired) electrons. The zero-order valence-electron chi connectivity index (χ0n) is 8.57. The molecule has 0 atom stereocenters. The molecule has 1 aromatic heterocycles. The van der Waals surface area contributed by atoms with Gasteiger partial charge in [0.1, 0.15) is 4.90 Å². The Labute approximate surface area is 88.0 Å². The van der Waals surface area contributed by atoms with Crippen LogP contribution in [-0.2, 0) is 14.9 Å². The predicted molar refractivity (Wildman–Crippen MR) is 53.4 cm³/mol. The summed E-state index contributed by atoms with van der Waals surface area (Å²) < 4.78 is 25.8. The summed E-state index contributed by atoms with van der Waals surface area (Å²) in [7, 11) is -3.53. The van der Waals surface area contributed by atoms with Gasteiger partial charge in [-0.3, -0.25) is 5.10 Å². The van der Waals surface area contributed by atoms with E-state index >= 15 is 0 Å². The molecule has 0 aromatic carbocycles. The molecule has 8 heteroatoms. The van der Waals surface area contributed by atoms with Gasteiger partial charge in [-0.15, -0.1) is 0 Å². The van der Waals surface area contributed by atoms with E-state index in [1.54, 1.807) is 13.8 Å². The predicted octanol–water partition coefficient (Wildman–Crippen LogP) is -0.805. The van der Waals surface area contributed by atoms with E-state index in [9.17, 15) is 8.42 Å². The maximum atomic E-state index is 11.7. The van der Waals surface area contributed by atoms with Crippen LogP contribution in [0.2, 0.25) is 0 Å². The molecule has 0 saturated carbocycles. The monoisotopic (exact) mass is 234 g/mol. The van der Waals surface area contributed by atoms with Crippen molar-refractivity contribution in [1.82, 2.24) is 14.9 Å². The third-order valence-electron chi connectivity index (χ3n) is 1.84. The van der Waals surface area contributed by atoms with Crippen LogP contribution in [0.15, 0.2) is 4.90 Å². The Morgan fingerprint density at radius 2 is 2.20 bits per heavy atom. The number of aromatic nitrogens is 2. The minimum Gasteiger partial charge on any atom is -0.303 e. The number of hydrogen-bond acceptors (Lipinski definition) is 5. The highest BCUT2D eigenvalue weighted by Gasteiger charge is 2.21. The average Bonchev–Trinajstić information content (AvgIpc) is 2.46. The molecule has 0 spiro atoms. The molecule has 1 rings (SSSR count). The van der Waals surface area contributed by atoms with Crippen LogP contribution in [0.25, 0.3) is 0 Å². The van der Waals surface area contributed by atoms with Gasteiger partial charge in [0, 0.05) is 6.54 Å². The number of nitrogens with zero attached hydrogens (tertiary/aromatic N) is 1. The molecule has 0 fully saturated rings. The maximum absolute atomic E-state index is 11.7. The molecule has 4 N–H and O–H groups in total. The Morgan fingerprint density at radius 1 is 1.53 bits per heavy atom. The van der Waals surface area contributed by atoms with Crippen molar-refractivity contribution in [2.75, 3.05) is 13.2 Å². The number of nitrogens with two attached hydrogens (primary N) is 1. The summed E-state index contributed by atoms with van der Waals surface area (Å²) in [5.74, 6) is 4.78. The normalized spacial score (nSPS) is 11.9. The third kappa shape index (κ3) is 2.75. The largest absolute Gasteiger partial charge is 0.303 e. The van der Waals surface area contributed by atoms with Crippen molar-refractivity contribution < 1.29 is 13.3 Å². The molecule has 1 heterocycles. The van der Waals surface area contributed by atoms with Crippen molar-refractivity contribution in [3.05, 3.63) is 11.4 Å². The second-order valence-electron chi connectivity index (χ2n) is 3.03. The highest BCUT2D eigenvalue weighted by atomic mass is 32.2.